The van der Waals surface area contributed by atoms with Crippen LogP contribution in [-0.2, 0) is 6.61 Å². The van der Waals surface area contributed by atoms with E-state index < -0.39 is 0 Å². The number of rotatable bonds is 5. The van der Waals surface area contributed by atoms with E-state index >= 15 is 0 Å². The molecule has 0 fully saturated rings. The number of benzene rings is 1. The van der Waals surface area contributed by atoms with Crippen molar-refractivity contribution in [1.29, 1.82) is 0 Å². The van der Waals surface area contributed by atoms with Crippen LogP contribution in [0.25, 0.3) is 0 Å². The molecule has 0 spiro atoms. The minimum Gasteiger partial charge on any atom is -0.487 e. The van der Waals surface area contributed by atoms with Gasteiger partial charge in [0.2, 0.25) is 0 Å². The second kappa shape index (κ2) is 6.21. The summed E-state index contributed by atoms with van der Waals surface area (Å²) in [7, 11) is 1.84. The first-order chi connectivity index (χ1) is 10.0. The van der Waals surface area contributed by atoms with Crippen LogP contribution >= 0.6 is 0 Å². The Morgan fingerprint density at radius 3 is 2.71 bits per heavy atom. The first-order valence-corrected chi connectivity index (χ1v) is 6.52. The molecule has 21 heavy (non-hydrogen) atoms. The topological polar surface area (TPSA) is 77.3 Å². The molecular formula is C15H17N3O3. The summed E-state index contributed by atoms with van der Waals surface area (Å²) in [6.45, 7) is 3.80. The highest BCUT2D eigenvalue weighted by Gasteiger charge is 2.14. The van der Waals surface area contributed by atoms with Crippen LogP contribution in [0.15, 0.2) is 30.5 Å². The summed E-state index contributed by atoms with van der Waals surface area (Å²) in [5, 5.41) is 13.9. The zero-order valence-electron chi connectivity index (χ0n) is 12.2. The molecule has 0 aliphatic carbocycles. The fraction of sp³-hybridized carbons (Fsp3) is 0.267. The van der Waals surface area contributed by atoms with Crippen LogP contribution < -0.4 is 10.1 Å². The Labute approximate surface area is 122 Å². The van der Waals surface area contributed by atoms with Gasteiger partial charge in [-0.25, -0.2) is 0 Å². The van der Waals surface area contributed by atoms with E-state index in [0.717, 1.165) is 16.9 Å². The fourth-order valence-electron chi connectivity index (χ4n) is 1.99. The molecule has 0 bridgehead atoms. The molecular weight excluding hydrogens is 270 g/mol. The Hall–Kier alpha value is -2.63. The Morgan fingerprint density at radius 1 is 1.29 bits per heavy atom. The van der Waals surface area contributed by atoms with E-state index in [1.165, 1.54) is 6.07 Å². The molecule has 0 unspecified atom stereocenters. The number of hydrogen-bond donors (Lipinski definition) is 1. The molecule has 6 nitrogen and oxygen atoms in total. The van der Waals surface area contributed by atoms with Gasteiger partial charge in [-0.2, -0.15) is 0 Å². The molecule has 1 N–H and O–H groups in total. The number of nitro benzene ring substituents is 1. The number of anilines is 1. The molecule has 0 saturated heterocycles. The third-order valence-electron chi connectivity index (χ3n) is 3.17. The predicted molar refractivity (Wildman–Crippen MR) is 80.7 cm³/mol. The smallest absolute Gasteiger partial charge is 0.272 e. The number of nitrogens with zero attached hydrogens (tertiary/aromatic N) is 2. The lowest BCUT2D eigenvalue weighted by Crippen LogP contribution is -2.02. The maximum Gasteiger partial charge on any atom is 0.272 e. The van der Waals surface area contributed by atoms with Crippen molar-refractivity contribution in [3.8, 4) is 5.75 Å². The van der Waals surface area contributed by atoms with Crippen molar-refractivity contribution in [3.63, 3.8) is 0 Å². The first-order valence-electron chi connectivity index (χ1n) is 6.52. The standard InChI is InChI=1S/C15H17N3O3/c1-10-7-15(11(2)6-14(10)18(19)20)21-9-13-8-12(16-3)4-5-17-13/h4-8H,9H2,1-3H3,(H,16,17). The molecule has 110 valence electrons. The second-order valence-electron chi connectivity index (χ2n) is 4.74. The van der Waals surface area contributed by atoms with Crippen LogP contribution in [0.2, 0.25) is 0 Å². The molecule has 2 rings (SSSR count). The van der Waals surface area contributed by atoms with Crippen molar-refractivity contribution >= 4 is 11.4 Å². The van der Waals surface area contributed by atoms with Gasteiger partial charge in [0, 0.05) is 30.6 Å². The van der Waals surface area contributed by atoms with Crippen LogP contribution in [0.5, 0.6) is 5.75 Å². The van der Waals surface area contributed by atoms with Gasteiger partial charge in [0.05, 0.1) is 10.6 Å². The van der Waals surface area contributed by atoms with E-state index in [1.807, 2.05) is 19.2 Å². The molecule has 1 aromatic carbocycles. The summed E-state index contributed by atoms with van der Waals surface area (Å²) >= 11 is 0. The molecule has 2 aromatic rings. The van der Waals surface area contributed by atoms with Crippen LogP contribution in [0.3, 0.4) is 0 Å². The van der Waals surface area contributed by atoms with Gasteiger partial charge in [-0.05, 0) is 37.6 Å². The van der Waals surface area contributed by atoms with E-state index in [4.69, 9.17) is 4.74 Å². The molecule has 0 radical (unpaired) electrons. The summed E-state index contributed by atoms with van der Waals surface area (Å²) in [4.78, 5) is 14.7. The Morgan fingerprint density at radius 2 is 2.05 bits per heavy atom. The highest BCUT2D eigenvalue weighted by atomic mass is 16.6. The first kappa shape index (κ1) is 14.8. The van der Waals surface area contributed by atoms with Gasteiger partial charge in [0.15, 0.2) is 0 Å². The molecule has 1 heterocycles. The number of hydrogen-bond acceptors (Lipinski definition) is 5. The van der Waals surface area contributed by atoms with Gasteiger partial charge in [-0.15, -0.1) is 0 Å². The average molecular weight is 287 g/mol. The minimum absolute atomic E-state index is 0.107. The molecule has 0 amide bonds. The zero-order chi connectivity index (χ0) is 15.4. The molecule has 0 aliphatic rings. The lowest BCUT2D eigenvalue weighted by molar-refractivity contribution is -0.385. The van der Waals surface area contributed by atoms with Gasteiger partial charge in [0.25, 0.3) is 5.69 Å². The summed E-state index contributed by atoms with van der Waals surface area (Å²) in [5.41, 5.74) is 3.17. The van der Waals surface area contributed by atoms with Crippen molar-refractivity contribution in [3.05, 3.63) is 57.4 Å². The van der Waals surface area contributed by atoms with Crippen molar-refractivity contribution in [2.45, 2.75) is 20.5 Å². The van der Waals surface area contributed by atoms with Crippen LogP contribution in [0.1, 0.15) is 16.8 Å². The third kappa shape index (κ3) is 3.47. The van der Waals surface area contributed by atoms with E-state index in [1.54, 1.807) is 26.1 Å². The zero-order valence-corrected chi connectivity index (χ0v) is 12.2. The van der Waals surface area contributed by atoms with Gasteiger partial charge in [0.1, 0.15) is 12.4 Å². The molecule has 0 atom stereocenters. The maximum atomic E-state index is 10.9. The number of pyridine rings is 1. The summed E-state index contributed by atoms with van der Waals surface area (Å²) in [5.74, 6) is 0.634. The lowest BCUT2D eigenvalue weighted by Gasteiger charge is -2.10. The molecule has 6 heteroatoms. The average Bonchev–Trinajstić information content (AvgIpc) is 2.47. The number of nitrogens with one attached hydrogen (secondary N) is 1. The minimum atomic E-state index is -0.385. The highest BCUT2D eigenvalue weighted by molar-refractivity contribution is 5.49. The van der Waals surface area contributed by atoms with Crippen molar-refractivity contribution in [2.75, 3.05) is 12.4 Å². The SMILES string of the molecule is CNc1ccnc(COc2cc(C)c([N+](=O)[O-])cc2C)c1. The quantitative estimate of drug-likeness (QED) is 0.674. The number of ether oxygens (including phenoxy) is 1. The van der Waals surface area contributed by atoms with Gasteiger partial charge in [-0.1, -0.05) is 0 Å². The highest BCUT2D eigenvalue weighted by Crippen LogP contribution is 2.28. The monoisotopic (exact) mass is 287 g/mol. The lowest BCUT2D eigenvalue weighted by atomic mass is 10.1. The summed E-state index contributed by atoms with van der Waals surface area (Å²) in [6.07, 6.45) is 1.71. The van der Waals surface area contributed by atoms with E-state index in [0.29, 0.717) is 17.9 Å². The van der Waals surface area contributed by atoms with Gasteiger partial charge < -0.3 is 10.1 Å². The van der Waals surface area contributed by atoms with E-state index in [-0.39, 0.29) is 10.6 Å². The normalized spacial score (nSPS) is 10.2. The Bertz CT molecular complexity index is 671. The van der Waals surface area contributed by atoms with E-state index in [2.05, 4.69) is 10.3 Å². The van der Waals surface area contributed by atoms with Crippen molar-refractivity contribution in [2.24, 2.45) is 0 Å². The predicted octanol–water partition coefficient (Wildman–Crippen LogP) is 3.23. The summed E-state index contributed by atoms with van der Waals surface area (Å²) in [6, 6.07) is 6.98. The van der Waals surface area contributed by atoms with Crippen molar-refractivity contribution < 1.29 is 9.66 Å². The van der Waals surface area contributed by atoms with Gasteiger partial charge >= 0.3 is 0 Å². The third-order valence-corrected chi connectivity index (χ3v) is 3.17. The van der Waals surface area contributed by atoms with Crippen LogP contribution in [0.4, 0.5) is 11.4 Å². The molecule has 1 aromatic heterocycles. The number of nitro groups is 1. The number of aromatic nitrogens is 1. The van der Waals surface area contributed by atoms with Crippen LogP contribution in [-0.4, -0.2) is 17.0 Å². The summed E-state index contributed by atoms with van der Waals surface area (Å²) < 4.78 is 5.73. The Kier molecular flexibility index (Phi) is 4.37. The van der Waals surface area contributed by atoms with Crippen LogP contribution in [0, 0.1) is 24.0 Å². The van der Waals surface area contributed by atoms with Gasteiger partial charge in [-0.3, -0.25) is 15.1 Å². The maximum absolute atomic E-state index is 10.9. The molecule has 0 aliphatic heterocycles. The van der Waals surface area contributed by atoms with Crippen molar-refractivity contribution in [1.82, 2.24) is 4.98 Å². The number of aryl methyl sites for hydroxylation is 2. The fourth-order valence-corrected chi connectivity index (χ4v) is 1.99. The largest absolute Gasteiger partial charge is 0.487 e. The molecule has 0 saturated carbocycles. The second-order valence-corrected chi connectivity index (χ2v) is 4.74. The van der Waals surface area contributed by atoms with E-state index in [9.17, 15) is 10.1 Å². The Balaban J connectivity index is 2.16.